The van der Waals surface area contributed by atoms with Gasteiger partial charge < -0.3 is 10.1 Å². The molecule has 1 aliphatic rings. The molecule has 9 nitrogen and oxygen atoms in total. The monoisotopic (exact) mass is 409 g/mol. The van der Waals surface area contributed by atoms with Crippen molar-refractivity contribution in [2.45, 2.75) is 13.5 Å². The Labute approximate surface area is 172 Å². The van der Waals surface area contributed by atoms with E-state index in [9.17, 15) is 24.0 Å². The number of nitrogens with one attached hydrogen (secondary N) is 2. The van der Waals surface area contributed by atoms with Gasteiger partial charge in [0, 0.05) is 6.54 Å². The van der Waals surface area contributed by atoms with Gasteiger partial charge in [-0.1, -0.05) is 30.3 Å². The van der Waals surface area contributed by atoms with E-state index in [4.69, 9.17) is 4.74 Å². The molecule has 2 N–H and O–H groups in total. The van der Waals surface area contributed by atoms with Crippen LogP contribution in [0.5, 0.6) is 0 Å². The minimum atomic E-state index is -0.856. The minimum absolute atomic E-state index is 0.0160. The van der Waals surface area contributed by atoms with E-state index in [1.807, 2.05) is 23.5 Å². The van der Waals surface area contributed by atoms with E-state index < -0.39 is 36.3 Å². The number of benzene rings is 2. The number of carbonyl (C=O) groups is 5. The van der Waals surface area contributed by atoms with Crippen molar-refractivity contribution < 1.29 is 28.7 Å². The summed E-state index contributed by atoms with van der Waals surface area (Å²) in [6, 6.07) is 12.4. The zero-order valence-electron chi connectivity index (χ0n) is 16.1. The van der Waals surface area contributed by atoms with E-state index in [2.05, 4.69) is 5.32 Å². The number of imide groups is 2. The molecule has 3 rings (SSSR count). The van der Waals surface area contributed by atoms with Crippen LogP contribution in [-0.2, 0) is 16.1 Å². The number of nitrogens with zero attached hydrogens (tertiary/aromatic N) is 1. The lowest BCUT2D eigenvalue weighted by Gasteiger charge is -2.13. The maximum atomic E-state index is 12.7. The van der Waals surface area contributed by atoms with Gasteiger partial charge in [-0.05, 0) is 30.7 Å². The fourth-order valence-corrected chi connectivity index (χ4v) is 2.91. The highest BCUT2D eigenvalue weighted by molar-refractivity contribution is 6.21. The summed E-state index contributed by atoms with van der Waals surface area (Å²) in [6.07, 6.45) is 0. The lowest BCUT2D eigenvalue weighted by molar-refractivity contribution is -0.123. The average Bonchev–Trinajstić information content (AvgIpc) is 2.97. The molecule has 2 aromatic carbocycles. The normalized spacial score (nSPS) is 12.4. The van der Waals surface area contributed by atoms with E-state index in [1.165, 1.54) is 18.2 Å². The molecule has 0 saturated heterocycles. The van der Waals surface area contributed by atoms with Crippen LogP contribution in [0, 0.1) is 0 Å². The summed E-state index contributed by atoms with van der Waals surface area (Å²) in [6.45, 7) is 1.47. The second-order valence-corrected chi connectivity index (χ2v) is 6.43. The number of carbonyl (C=O) groups excluding carboxylic acids is 5. The number of hydrogen-bond acceptors (Lipinski definition) is 6. The molecule has 0 atom stereocenters. The molecule has 0 bridgehead atoms. The first-order valence-corrected chi connectivity index (χ1v) is 9.19. The maximum Gasteiger partial charge on any atom is 0.338 e. The van der Waals surface area contributed by atoms with Gasteiger partial charge in [0.2, 0.25) is 0 Å². The number of amides is 5. The van der Waals surface area contributed by atoms with Crippen molar-refractivity contribution >= 4 is 29.7 Å². The van der Waals surface area contributed by atoms with Crippen molar-refractivity contribution in [2.24, 2.45) is 0 Å². The molecule has 0 radical (unpaired) electrons. The van der Waals surface area contributed by atoms with Crippen molar-refractivity contribution in [3.63, 3.8) is 0 Å². The number of esters is 1. The SMILES string of the molecule is CCNC(=O)NC(=O)COC(=O)c1ccc2c(c1)C(=O)N(Cc1ccccc1)C2=O. The van der Waals surface area contributed by atoms with Crippen LogP contribution < -0.4 is 10.6 Å². The Morgan fingerprint density at radius 1 is 0.967 bits per heavy atom. The van der Waals surface area contributed by atoms with Crippen molar-refractivity contribution in [3.05, 3.63) is 70.8 Å². The third kappa shape index (κ3) is 4.52. The molecule has 0 saturated carbocycles. The zero-order chi connectivity index (χ0) is 21.7. The first-order chi connectivity index (χ1) is 14.4. The molecular formula is C21H19N3O6. The molecule has 0 fully saturated rings. The zero-order valence-corrected chi connectivity index (χ0v) is 16.1. The first-order valence-electron chi connectivity index (χ1n) is 9.19. The Balaban J connectivity index is 1.66. The second kappa shape index (κ2) is 8.99. The standard InChI is InChI=1S/C21H19N3O6/c1-2-22-21(29)23-17(25)12-30-20(28)14-8-9-15-16(10-14)19(27)24(18(15)26)11-13-6-4-3-5-7-13/h3-10H,2,11-12H2,1H3,(H2,22,23,25,29). The Hall–Kier alpha value is -4.01. The van der Waals surface area contributed by atoms with E-state index in [0.29, 0.717) is 6.54 Å². The van der Waals surface area contributed by atoms with E-state index in [0.717, 1.165) is 10.5 Å². The molecule has 5 amide bonds. The molecule has 30 heavy (non-hydrogen) atoms. The smallest absolute Gasteiger partial charge is 0.338 e. The summed E-state index contributed by atoms with van der Waals surface area (Å²) in [4.78, 5) is 61.4. The minimum Gasteiger partial charge on any atom is -0.452 e. The fourth-order valence-electron chi connectivity index (χ4n) is 2.91. The molecule has 0 unspecified atom stereocenters. The summed E-state index contributed by atoms with van der Waals surface area (Å²) >= 11 is 0. The maximum absolute atomic E-state index is 12.7. The number of hydrogen-bond donors (Lipinski definition) is 2. The Morgan fingerprint density at radius 2 is 1.67 bits per heavy atom. The van der Waals surface area contributed by atoms with Gasteiger partial charge in [-0.3, -0.25) is 24.6 Å². The van der Waals surface area contributed by atoms with Crippen molar-refractivity contribution in [1.82, 2.24) is 15.5 Å². The Morgan fingerprint density at radius 3 is 2.37 bits per heavy atom. The van der Waals surface area contributed by atoms with Gasteiger partial charge >= 0.3 is 12.0 Å². The lowest BCUT2D eigenvalue weighted by Crippen LogP contribution is -2.41. The van der Waals surface area contributed by atoms with E-state index in [-0.39, 0.29) is 23.2 Å². The molecule has 2 aromatic rings. The van der Waals surface area contributed by atoms with Gasteiger partial charge in [0.1, 0.15) is 0 Å². The van der Waals surface area contributed by atoms with Gasteiger partial charge in [-0.2, -0.15) is 0 Å². The van der Waals surface area contributed by atoms with Gasteiger partial charge in [0.05, 0.1) is 23.2 Å². The molecule has 154 valence electrons. The summed E-state index contributed by atoms with van der Waals surface area (Å²) in [7, 11) is 0. The molecule has 0 aromatic heterocycles. The summed E-state index contributed by atoms with van der Waals surface area (Å²) in [5.74, 6) is -2.61. The van der Waals surface area contributed by atoms with E-state index in [1.54, 1.807) is 19.1 Å². The molecular weight excluding hydrogens is 390 g/mol. The van der Waals surface area contributed by atoms with Gasteiger partial charge in [-0.15, -0.1) is 0 Å². The first kappa shape index (κ1) is 20.7. The molecule has 0 aliphatic carbocycles. The molecule has 1 aliphatic heterocycles. The summed E-state index contributed by atoms with van der Waals surface area (Å²) in [5, 5.41) is 4.37. The Bertz CT molecular complexity index is 1020. The second-order valence-electron chi connectivity index (χ2n) is 6.43. The predicted octanol–water partition coefficient (Wildman–Crippen LogP) is 1.49. The number of ether oxygens (including phenoxy) is 1. The third-order valence-corrected chi connectivity index (χ3v) is 4.31. The lowest BCUT2D eigenvalue weighted by atomic mass is 10.1. The highest BCUT2D eigenvalue weighted by atomic mass is 16.5. The van der Waals surface area contributed by atoms with Crippen molar-refractivity contribution in [3.8, 4) is 0 Å². The van der Waals surface area contributed by atoms with Crippen LogP contribution in [0.3, 0.4) is 0 Å². The number of urea groups is 1. The summed E-state index contributed by atoms with van der Waals surface area (Å²) in [5.41, 5.74) is 1.10. The average molecular weight is 409 g/mol. The van der Waals surface area contributed by atoms with Crippen LogP contribution in [-0.4, -0.2) is 47.8 Å². The van der Waals surface area contributed by atoms with E-state index >= 15 is 0 Å². The molecule has 1 heterocycles. The van der Waals surface area contributed by atoms with Gasteiger partial charge in [0.15, 0.2) is 6.61 Å². The number of fused-ring (bicyclic) bond motifs is 1. The van der Waals surface area contributed by atoms with Crippen LogP contribution in [0.1, 0.15) is 43.6 Å². The fraction of sp³-hybridized carbons (Fsp3) is 0.190. The number of rotatable bonds is 6. The third-order valence-electron chi connectivity index (χ3n) is 4.31. The molecule has 0 spiro atoms. The van der Waals surface area contributed by atoms with Crippen LogP contribution in [0.15, 0.2) is 48.5 Å². The van der Waals surface area contributed by atoms with Gasteiger partial charge in [0.25, 0.3) is 17.7 Å². The molecule has 9 heteroatoms. The predicted molar refractivity (Wildman–Crippen MR) is 105 cm³/mol. The van der Waals surface area contributed by atoms with Crippen LogP contribution in [0.2, 0.25) is 0 Å². The topological polar surface area (TPSA) is 122 Å². The van der Waals surface area contributed by atoms with Crippen LogP contribution in [0.25, 0.3) is 0 Å². The van der Waals surface area contributed by atoms with Crippen molar-refractivity contribution in [1.29, 1.82) is 0 Å². The quantitative estimate of drug-likeness (QED) is 0.551. The highest BCUT2D eigenvalue weighted by Gasteiger charge is 2.36. The van der Waals surface area contributed by atoms with Crippen molar-refractivity contribution in [2.75, 3.05) is 13.2 Å². The summed E-state index contributed by atoms with van der Waals surface area (Å²) < 4.78 is 4.87. The van der Waals surface area contributed by atoms with Gasteiger partial charge in [-0.25, -0.2) is 9.59 Å². The highest BCUT2D eigenvalue weighted by Crippen LogP contribution is 2.26. The van der Waals surface area contributed by atoms with Crippen LogP contribution in [0.4, 0.5) is 4.79 Å². The van der Waals surface area contributed by atoms with Crippen LogP contribution >= 0.6 is 0 Å². The Kier molecular flexibility index (Phi) is 6.21. The largest absolute Gasteiger partial charge is 0.452 e.